The van der Waals surface area contributed by atoms with Crippen LogP contribution in [0.15, 0.2) is 35.0 Å². The van der Waals surface area contributed by atoms with Gasteiger partial charge in [-0.15, -0.1) is 0 Å². The Bertz CT molecular complexity index is 718. The minimum absolute atomic E-state index is 0.255. The van der Waals surface area contributed by atoms with Gasteiger partial charge in [0.15, 0.2) is 0 Å². The number of carbonyl (C=O) groups is 2. The Morgan fingerprint density at radius 2 is 1.87 bits per heavy atom. The van der Waals surface area contributed by atoms with Crippen molar-refractivity contribution in [3.05, 3.63) is 40.6 Å². The van der Waals surface area contributed by atoms with E-state index in [4.69, 9.17) is 14.2 Å². The summed E-state index contributed by atoms with van der Waals surface area (Å²) in [7, 11) is 5.99. The maximum Gasteiger partial charge on any atom is 0.340 e. The van der Waals surface area contributed by atoms with Gasteiger partial charge in [-0.2, -0.15) is 0 Å². The third-order valence-electron chi connectivity index (χ3n) is 3.80. The molecule has 0 N–H and O–H groups in total. The van der Waals surface area contributed by atoms with Gasteiger partial charge in [0.05, 0.1) is 32.5 Å². The predicted octanol–water partition coefficient (Wildman–Crippen LogP) is 2.01. The van der Waals surface area contributed by atoms with Gasteiger partial charge >= 0.3 is 5.97 Å². The number of amides is 1. The molecule has 0 spiro atoms. The van der Waals surface area contributed by atoms with E-state index in [0.29, 0.717) is 22.8 Å². The van der Waals surface area contributed by atoms with Crippen molar-refractivity contribution in [2.75, 3.05) is 28.4 Å². The van der Waals surface area contributed by atoms with Crippen LogP contribution in [-0.2, 0) is 14.3 Å². The van der Waals surface area contributed by atoms with Crippen LogP contribution in [0.5, 0.6) is 11.5 Å². The normalized spacial score (nSPS) is 16.1. The molecule has 0 fully saturated rings. The Morgan fingerprint density at radius 1 is 1.17 bits per heavy atom. The van der Waals surface area contributed by atoms with Crippen molar-refractivity contribution in [2.24, 2.45) is 0 Å². The molecule has 2 rings (SSSR count). The SMILES string of the molecule is COC(=O)C1=C(C)N(C)C(=O)/C1=C\c1cc(OC)ccc1OC. The maximum absolute atomic E-state index is 12.4. The average Bonchev–Trinajstić information content (AvgIpc) is 2.78. The van der Waals surface area contributed by atoms with Crippen molar-refractivity contribution in [3.63, 3.8) is 0 Å². The summed E-state index contributed by atoms with van der Waals surface area (Å²) in [6, 6.07) is 5.23. The second-order valence-electron chi connectivity index (χ2n) is 4.98. The lowest BCUT2D eigenvalue weighted by atomic mass is 10.0. The number of methoxy groups -OCH3 is 3. The fourth-order valence-electron chi connectivity index (χ4n) is 2.40. The van der Waals surface area contributed by atoms with Gasteiger partial charge in [0.1, 0.15) is 11.5 Å². The highest BCUT2D eigenvalue weighted by Crippen LogP contribution is 2.33. The van der Waals surface area contributed by atoms with Crippen LogP contribution in [0.3, 0.4) is 0 Å². The maximum atomic E-state index is 12.4. The Morgan fingerprint density at radius 3 is 2.43 bits per heavy atom. The molecule has 1 aromatic carbocycles. The molecule has 0 bridgehead atoms. The number of likely N-dealkylation sites (N-methyl/N-ethyl adjacent to an activating group) is 1. The lowest BCUT2D eigenvalue weighted by Crippen LogP contribution is -2.19. The monoisotopic (exact) mass is 317 g/mol. The van der Waals surface area contributed by atoms with E-state index in [9.17, 15) is 9.59 Å². The van der Waals surface area contributed by atoms with Crippen LogP contribution >= 0.6 is 0 Å². The number of rotatable bonds is 4. The van der Waals surface area contributed by atoms with Crippen LogP contribution in [0.2, 0.25) is 0 Å². The summed E-state index contributed by atoms with van der Waals surface area (Å²) in [5, 5.41) is 0. The lowest BCUT2D eigenvalue weighted by Gasteiger charge is -2.10. The van der Waals surface area contributed by atoms with Gasteiger partial charge in [0.25, 0.3) is 5.91 Å². The zero-order chi connectivity index (χ0) is 17.1. The average molecular weight is 317 g/mol. The molecule has 23 heavy (non-hydrogen) atoms. The van der Waals surface area contributed by atoms with Crippen molar-refractivity contribution in [1.29, 1.82) is 0 Å². The Hall–Kier alpha value is -2.76. The van der Waals surface area contributed by atoms with Gasteiger partial charge in [-0.1, -0.05) is 0 Å². The molecule has 6 nitrogen and oxygen atoms in total. The molecular weight excluding hydrogens is 298 g/mol. The van der Waals surface area contributed by atoms with E-state index in [1.165, 1.54) is 19.1 Å². The molecule has 0 aromatic heterocycles. The first-order chi connectivity index (χ1) is 10.9. The van der Waals surface area contributed by atoms with Gasteiger partial charge < -0.3 is 19.1 Å². The van der Waals surface area contributed by atoms with Gasteiger partial charge in [-0.3, -0.25) is 4.79 Å². The number of hydrogen-bond donors (Lipinski definition) is 0. The molecule has 0 unspecified atom stereocenters. The zero-order valence-corrected chi connectivity index (χ0v) is 13.8. The number of carbonyl (C=O) groups excluding carboxylic acids is 2. The third kappa shape index (κ3) is 2.92. The lowest BCUT2D eigenvalue weighted by molar-refractivity contribution is -0.136. The fourth-order valence-corrected chi connectivity index (χ4v) is 2.40. The van der Waals surface area contributed by atoms with Crippen LogP contribution in [0.4, 0.5) is 0 Å². The van der Waals surface area contributed by atoms with E-state index in [0.717, 1.165) is 0 Å². The summed E-state index contributed by atoms with van der Waals surface area (Å²) in [5.41, 5.74) is 1.71. The molecule has 1 heterocycles. The van der Waals surface area contributed by atoms with E-state index >= 15 is 0 Å². The first-order valence-electron chi connectivity index (χ1n) is 6.96. The fraction of sp³-hybridized carbons (Fsp3) is 0.294. The molecular formula is C17H19NO5. The molecule has 1 aliphatic rings. The number of benzene rings is 1. The summed E-state index contributed by atoms with van der Waals surface area (Å²) in [6.07, 6.45) is 1.61. The minimum Gasteiger partial charge on any atom is -0.497 e. The van der Waals surface area contributed by atoms with Crippen LogP contribution in [0.1, 0.15) is 12.5 Å². The molecule has 1 aliphatic heterocycles. The highest BCUT2D eigenvalue weighted by Gasteiger charge is 2.35. The molecule has 0 atom stereocenters. The van der Waals surface area contributed by atoms with Crippen molar-refractivity contribution in [3.8, 4) is 11.5 Å². The summed E-state index contributed by atoms with van der Waals surface area (Å²) < 4.78 is 15.3. The summed E-state index contributed by atoms with van der Waals surface area (Å²) in [6.45, 7) is 1.70. The quantitative estimate of drug-likeness (QED) is 0.628. The first-order valence-corrected chi connectivity index (χ1v) is 6.96. The zero-order valence-electron chi connectivity index (χ0n) is 13.8. The van der Waals surface area contributed by atoms with Crippen molar-refractivity contribution < 1.29 is 23.8 Å². The number of nitrogens with zero attached hydrogens (tertiary/aromatic N) is 1. The van der Waals surface area contributed by atoms with Crippen LogP contribution < -0.4 is 9.47 Å². The number of hydrogen-bond acceptors (Lipinski definition) is 5. The summed E-state index contributed by atoms with van der Waals surface area (Å²) in [5.74, 6) is 0.375. The van der Waals surface area contributed by atoms with E-state index in [1.807, 2.05) is 0 Å². The van der Waals surface area contributed by atoms with Crippen LogP contribution in [0, 0.1) is 0 Å². The molecule has 0 saturated carbocycles. The number of esters is 1. The van der Waals surface area contributed by atoms with Gasteiger partial charge in [0, 0.05) is 18.3 Å². The predicted molar refractivity (Wildman–Crippen MR) is 85.0 cm³/mol. The summed E-state index contributed by atoms with van der Waals surface area (Å²) in [4.78, 5) is 25.9. The minimum atomic E-state index is -0.548. The van der Waals surface area contributed by atoms with E-state index in [2.05, 4.69) is 0 Å². The molecule has 0 saturated heterocycles. The smallest absolute Gasteiger partial charge is 0.340 e. The molecule has 0 aliphatic carbocycles. The highest BCUT2D eigenvalue weighted by atomic mass is 16.5. The van der Waals surface area contributed by atoms with Gasteiger partial charge in [-0.05, 0) is 31.2 Å². The topological polar surface area (TPSA) is 65.1 Å². The number of ether oxygens (including phenoxy) is 3. The van der Waals surface area contributed by atoms with Crippen molar-refractivity contribution >= 4 is 18.0 Å². The molecule has 0 radical (unpaired) electrons. The van der Waals surface area contributed by atoms with Crippen LogP contribution in [0.25, 0.3) is 6.08 Å². The molecule has 122 valence electrons. The second kappa shape index (κ2) is 6.56. The van der Waals surface area contributed by atoms with E-state index < -0.39 is 5.97 Å². The summed E-state index contributed by atoms with van der Waals surface area (Å²) >= 11 is 0. The molecule has 1 amide bonds. The number of allylic oxidation sites excluding steroid dienone is 1. The standard InChI is InChI=1S/C17H19NO5/c1-10-15(17(20)23-5)13(16(19)18(10)2)9-11-8-12(21-3)6-7-14(11)22-4/h6-9H,1-5H3/b13-9-. The Labute approximate surface area is 134 Å². The largest absolute Gasteiger partial charge is 0.497 e. The van der Waals surface area contributed by atoms with Gasteiger partial charge in [-0.25, -0.2) is 4.79 Å². The second-order valence-corrected chi connectivity index (χ2v) is 4.98. The first kappa shape index (κ1) is 16.6. The Balaban J connectivity index is 2.61. The van der Waals surface area contributed by atoms with Gasteiger partial charge in [0.2, 0.25) is 0 Å². The van der Waals surface area contributed by atoms with E-state index in [-0.39, 0.29) is 17.1 Å². The van der Waals surface area contributed by atoms with Crippen molar-refractivity contribution in [2.45, 2.75) is 6.92 Å². The van der Waals surface area contributed by atoms with Crippen molar-refractivity contribution in [1.82, 2.24) is 4.90 Å². The molecule has 6 heteroatoms. The van der Waals surface area contributed by atoms with Crippen LogP contribution in [-0.4, -0.2) is 45.2 Å². The molecule has 1 aromatic rings. The third-order valence-corrected chi connectivity index (χ3v) is 3.80. The highest BCUT2D eigenvalue weighted by molar-refractivity contribution is 6.16. The van der Waals surface area contributed by atoms with E-state index in [1.54, 1.807) is 45.4 Å². The Kier molecular flexibility index (Phi) is 4.74.